The normalized spacial score (nSPS) is 10.5. The third-order valence-corrected chi connectivity index (χ3v) is 2.74. The van der Waals surface area contributed by atoms with Gasteiger partial charge in [-0.15, -0.1) is 0 Å². The zero-order chi connectivity index (χ0) is 13.7. The molecule has 0 atom stereocenters. The lowest BCUT2D eigenvalue weighted by Crippen LogP contribution is -2.10. The molecular formula is C13H20N6. The molecule has 6 heteroatoms. The van der Waals surface area contributed by atoms with E-state index in [0.29, 0.717) is 12.5 Å². The second-order valence-corrected chi connectivity index (χ2v) is 4.45. The number of hydrogen-bond donors (Lipinski definition) is 2. The van der Waals surface area contributed by atoms with E-state index in [1.807, 2.05) is 30.8 Å². The van der Waals surface area contributed by atoms with Gasteiger partial charge >= 0.3 is 0 Å². The number of nitrogens with zero attached hydrogens (tertiary/aromatic N) is 4. The number of imidazole rings is 1. The first kappa shape index (κ1) is 13.3. The summed E-state index contributed by atoms with van der Waals surface area (Å²) in [6, 6.07) is 1.93. The minimum Gasteiger partial charge on any atom is -0.363 e. The molecule has 2 rings (SSSR count). The van der Waals surface area contributed by atoms with Gasteiger partial charge in [0.25, 0.3) is 0 Å². The molecule has 0 aliphatic heterocycles. The lowest BCUT2D eigenvalue weighted by Gasteiger charge is -2.09. The van der Waals surface area contributed by atoms with Crippen LogP contribution in [0.1, 0.15) is 24.9 Å². The van der Waals surface area contributed by atoms with Crippen LogP contribution in [0.4, 0.5) is 11.8 Å². The summed E-state index contributed by atoms with van der Waals surface area (Å²) < 4.78 is 1.98. The second-order valence-electron chi connectivity index (χ2n) is 4.45. The van der Waals surface area contributed by atoms with Gasteiger partial charge in [0.2, 0.25) is 5.95 Å². The number of anilines is 2. The van der Waals surface area contributed by atoms with Gasteiger partial charge in [0, 0.05) is 37.7 Å². The zero-order valence-corrected chi connectivity index (χ0v) is 11.6. The van der Waals surface area contributed by atoms with E-state index in [-0.39, 0.29) is 0 Å². The maximum Gasteiger partial charge on any atom is 0.224 e. The molecule has 102 valence electrons. The van der Waals surface area contributed by atoms with Gasteiger partial charge in [0.15, 0.2) is 0 Å². The Hall–Kier alpha value is -2.11. The average Bonchev–Trinajstić information content (AvgIpc) is 2.79. The van der Waals surface area contributed by atoms with Crippen molar-refractivity contribution in [3.8, 4) is 0 Å². The first-order valence-corrected chi connectivity index (χ1v) is 6.48. The van der Waals surface area contributed by atoms with Crippen molar-refractivity contribution >= 4 is 11.8 Å². The SMILES string of the molecule is CCCNc1nc(C)cc(NCc2nccn2C)n1. The van der Waals surface area contributed by atoms with E-state index in [2.05, 4.69) is 32.5 Å². The second kappa shape index (κ2) is 6.17. The Morgan fingerprint density at radius 1 is 1.26 bits per heavy atom. The Bertz CT molecular complexity index is 534. The highest BCUT2D eigenvalue weighted by Gasteiger charge is 2.03. The van der Waals surface area contributed by atoms with Crippen molar-refractivity contribution in [1.29, 1.82) is 0 Å². The fraction of sp³-hybridized carbons (Fsp3) is 0.462. The third-order valence-electron chi connectivity index (χ3n) is 2.74. The molecule has 0 aliphatic rings. The van der Waals surface area contributed by atoms with Crippen LogP contribution in [0.5, 0.6) is 0 Å². The Balaban J connectivity index is 2.03. The molecule has 2 heterocycles. The summed E-state index contributed by atoms with van der Waals surface area (Å²) in [4.78, 5) is 13.0. The maximum absolute atomic E-state index is 4.43. The largest absolute Gasteiger partial charge is 0.363 e. The van der Waals surface area contributed by atoms with Crippen LogP contribution in [-0.4, -0.2) is 26.1 Å². The van der Waals surface area contributed by atoms with E-state index < -0.39 is 0 Å². The molecule has 0 aromatic carbocycles. The van der Waals surface area contributed by atoms with Gasteiger partial charge in [0.05, 0.1) is 6.54 Å². The monoisotopic (exact) mass is 260 g/mol. The smallest absolute Gasteiger partial charge is 0.224 e. The summed E-state index contributed by atoms with van der Waals surface area (Å²) in [5.74, 6) is 2.46. The summed E-state index contributed by atoms with van der Waals surface area (Å²) in [6.07, 6.45) is 4.76. The number of aryl methyl sites for hydroxylation is 2. The maximum atomic E-state index is 4.43. The Morgan fingerprint density at radius 3 is 2.79 bits per heavy atom. The standard InChI is InChI=1S/C13H20N6/c1-4-5-15-13-17-10(2)8-11(18-13)16-9-12-14-6-7-19(12)3/h6-8H,4-5,9H2,1-3H3,(H2,15,16,17,18). The quantitative estimate of drug-likeness (QED) is 0.831. The van der Waals surface area contributed by atoms with Gasteiger partial charge < -0.3 is 15.2 Å². The van der Waals surface area contributed by atoms with Gasteiger partial charge in [-0.05, 0) is 13.3 Å². The summed E-state index contributed by atoms with van der Waals surface area (Å²) in [5, 5.41) is 6.47. The highest BCUT2D eigenvalue weighted by molar-refractivity contribution is 5.42. The fourth-order valence-electron chi connectivity index (χ4n) is 1.71. The Labute approximate surface area is 113 Å². The van der Waals surface area contributed by atoms with E-state index in [9.17, 15) is 0 Å². The molecule has 0 spiro atoms. The zero-order valence-electron chi connectivity index (χ0n) is 11.6. The van der Waals surface area contributed by atoms with Crippen molar-refractivity contribution in [2.45, 2.75) is 26.8 Å². The summed E-state index contributed by atoms with van der Waals surface area (Å²) in [6.45, 7) is 5.60. The topological polar surface area (TPSA) is 67.7 Å². The molecule has 19 heavy (non-hydrogen) atoms. The first-order chi connectivity index (χ1) is 9.19. The average molecular weight is 260 g/mol. The molecule has 2 N–H and O–H groups in total. The minimum atomic E-state index is 0.646. The van der Waals surface area contributed by atoms with Crippen molar-refractivity contribution in [1.82, 2.24) is 19.5 Å². The Kier molecular flexibility index (Phi) is 4.33. The van der Waals surface area contributed by atoms with Gasteiger partial charge in [-0.25, -0.2) is 9.97 Å². The van der Waals surface area contributed by atoms with Gasteiger partial charge in [-0.2, -0.15) is 4.98 Å². The third kappa shape index (κ3) is 3.67. The van der Waals surface area contributed by atoms with Crippen LogP contribution in [0.25, 0.3) is 0 Å². The number of aromatic nitrogens is 4. The molecule has 0 saturated carbocycles. The van der Waals surface area contributed by atoms with Crippen LogP contribution in [0.15, 0.2) is 18.5 Å². The first-order valence-electron chi connectivity index (χ1n) is 6.48. The Morgan fingerprint density at radius 2 is 2.11 bits per heavy atom. The molecule has 0 saturated heterocycles. The van der Waals surface area contributed by atoms with Crippen molar-refractivity contribution in [3.63, 3.8) is 0 Å². The molecule has 2 aromatic heterocycles. The predicted octanol–water partition coefficient (Wildman–Crippen LogP) is 1.95. The fourth-order valence-corrected chi connectivity index (χ4v) is 1.71. The van der Waals surface area contributed by atoms with E-state index >= 15 is 0 Å². The predicted molar refractivity (Wildman–Crippen MR) is 76.1 cm³/mol. The van der Waals surface area contributed by atoms with E-state index in [0.717, 1.165) is 30.3 Å². The van der Waals surface area contributed by atoms with Gasteiger partial charge in [-0.3, -0.25) is 0 Å². The van der Waals surface area contributed by atoms with Crippen molar-refractivity contribution < 1.29 is 0 Å². The highest BCUT2D eigenvalue weighted by Crippen LogP contribution is 2.10. The van der Waals surface area contributed by atoms with Crippen molar-refractivity contribution in [3.05, 3.63) is 30.0 Å². The lowest BCUT2D eigenvalue weighted by atomic mass is 10.4. The molecule has 0 bridgehead atoms. The number of rotatable bonds is 6. The van der Waals surface area contributed by atoms with Crippen LogP contribution in [0.2, 0.25) is 0 Å². The van der Waals surface area contributed by atoms with Crippen LogP contribution in [-0.2, 0) is 13.6 Å². The van der Waals surface area contributed by atoms with Crippen LogP contribution in [0.3, 0.4) is 0 Å². The molecule has 0 amide bonds. The summed E-state index contributed by atoms with van der Waals surface area (Å²) in [7, 11) is 1.98. The van der Waals surface area contributed by atoms with Crippen molar-refractivity contribution in [2.75, 3.05) is 17.2 Å². The van der Waals surface area contributed by atoms with Crippen LogP contribution in [0, 0.1) is 6.92 Å². The molecule has 6 nitrogen and oxygen atoms in total. The number of hydrogen-bond acceptors (Lipinski definition) is 5. The summed E-state index contributed by atoms with van der Waals surface area (Å²) in [5.41, 5.74) is 0.941. The molecule has 0 radical (unpaired) electrons. The highest BCUT2D eigenvalue weighted by atomic mass is 15.2. The molecule has 0 fully saturated rings. The minimum absolute atomic E-state index is 0.646. The van der Waals surface area contributed by atoms with Gasteiger partial charge in [-0.1, -0.05) is 6.92 Å². The lowest BCUT2D eigenvalue weighted by molar-refractivity contribution is 0.810. The van der Waals surface area contributed by atoms with Crippen LogP contribution < -0.4 is 10.6 Å². The molecule has 0 aliphatic carbocycles. The molecule has 0 unspecified atom stereocenters. The van der Waals surface area contributed by atoms with Crippen molar-refractivity contribution in [2.24, 2.45) is 7.05 Å². The van der Waals surface area contributed by atoms with Crippen LogP contribution >= 0.6 is 0 Å². The summed E-state index contributed by atoms with van der Waals surface area (Å²) >= 11 is 0. The van der Waals surface area contributed by atoms with Gasteiger partial charge in [0.1, 0.15) is 11.6 Å². The number of nitrogens with one attached hydrogen (secondary N) is 2. The van der Waals surface area contributed by atoms with E-state index in [4.69, 9.17) is 0 Å². The van der Waals surface area contributed by atoms with E-state index in [1.54, 1.807) is 6.20 Å². The molecular weight excluding hydrogens is 240 g/mol. The van der Waals surface area contributed by atoms with E-state index in [1.165, 1.54) is 0 Å². The molecule has 2 aromatic rings.